The van der Waals surface area contributed by atoms with Crippen molar-refractivity contribution in [2.75, 3.05) is 76.3 Å². The SMILES string of the molecule is CCc1ccc(C=CC(=O)N(Cc2ccc(N3CCN(C(C)=O)CC3)cc2)C(Cc2ccccc2)C(=O)N2CCN(Cc3ccc(N(C)C)cc3)CC2)cc1. The van der Waals surface area contributed by atoms with Gasteiger partial charge in [0.1, 0.15) is 6.04 Å². The van der Waals surface area contributed by atoms with Gasteiger partial charge in [-0.05, 0) is 64.6 Å². The number of hydrogen-bond acceptors (Lipinski definition) is 6. The number of benzene rings is 4. The Morgan fingerprint density at radius 3 is 1.87 bits per heavy atom. The Morgan fingerprint density at radius 1 is 0.673 bits per heavy atom. The van der Waals surface area contributed by atoms with Gasteiger partial charge in [0.15, 0.2) is 0 Å². The molecule has 2 aliphatic heterocycles. The van der Waals surface area contributed by atoms with Crippen LogP contribution in [0.15, 0.2) is 109 Å². The summed E-state index contributed by atoms with van der Waals surface area (Å²) >= 11 is 0. The van der Waals surface area contributed by atoms with Crippen LogP contribution in [0, 0.1) is 0 Å². The Hall–Kier alpha value is -5.41. The predicted octanol–water partition coefficient (Wildman–Crippen LogP) is 5.98. The van der Waals surface area contributed by atoms with Gasteiger partial charge in [0.05, 0.1) is 0 Å². The van der Waals surface area contributed by atoms with E-state index < -0.39 is 6.04 Å². The third-order valence-corrected chi connectivity index (χ3v) is 10.9. The van der Waals surface area contributed by atoms with Crippen LogP contribution < -0.4 is 9.80 Å². The molecule has 6 rings (SSSR count). The summed E-state index contributed by atoms with van der Waals surface area (Å²) in [6.45, 7) is 10.6. The molecule has 0 aromatic heterocycles. The molecule has 0 bridgehead atoms. The quantitative estimate of drug-likeness (QED) is 0.157. The largest absolute Gasteiger partial charge is 0.378 e. The number of rotatable bonds is 13. The third-order valence-electron chi connectivity index (χ3n) is 10.9. The minimum atomic E-state index is -0.688. The first-order valence-corrected chi connectivity index (χ1v) is 19.6. The summed E-state index contributed by atoms with van der Waals surface area (Å²) in [5.41, 5.74) is 7.66. The first kappa shape index (κ1) is 39.3. The highest BCUT2D eigenvalue weighted by Gasteiger charge is 2.34. The van der Waals surface area contributed by atoms with Crippen molar-refractivity contribution in [1.82, 2.24) is 19.6 Å². The molecule has 1 unspecified atom stereocenters. The third kappa shape index (κ3) is 10.6. The molecule has 55 heavy (non-hydrogen) atoms. The van der Waals surface area contributed by atoms with E-state index in [0.29, 0.717) is 39.1 Å². The molecule has 9 nitrogen and oxygen atoms in total. The Bertz CT molecular complexity index is 1880. The smallest absolute Gasteiger partial charge is 0.247 e. The lowest BCUT2D eigenvalue weighted by Crippen LogP contribution is -2.56. The van der Waals surface area contributed by atoms with E-state index >= 15 is 0 Å². The van der Waals surface area contributed by atoms with Gasteiger partial charge >= 0.3 is 0 Å². The fourth-order valence-electron chi connectivity index (χ4n) is 7.42. The van der Waals surface area contributed by atoms with Crippen LogP contribution >= 0.6 is 0 Å². The average Bonchev–Trinajstić information content (AvgIpc) is 3.22. The Kier molecular flexibility index (Phi) is 13.4. The molecular weight excluding hydrogens is 685 g/mol. The van der Waals surface area contributed by atoms with Crippen molar-refractivity contribution in [2.24, 2.45) is 0 Å². The summed E-state index contributed by atoms with van der Waals surface area (Å²) in [7, 11) is 4.09. The molecule has 0 N–H and O–H groups in total. The summed E-state index contributed by atoms with van der Waals surface area (Å²) in [4.78, 5) is 53.4. The number of aryl methyl sites for hydroxylation is 1. The highest BCUT2D eigenvalue weighted by Crippen LogP contribution is 2.23. The van der Waals surface area contributed by atoms with E-state index in [1.165, 1.54) is 16.8 Å². The number of anilines is 2. The van der Waals surface area contributed by atoms with Gasteiger partial charge in [0.2, 0.25) is 17.7 Å². The number of amides is 3. The molecule has 0 spiro atoms. The van der Waals surface area contributed by atoms with Crippen LogP contribution in [0.25, 0.3) is 6.08 Å². The minimum Gasteiger partial charge on any atom is -0.378 e. The minimum absolute atomic E-state index is 0.0205. The van der Waals surface area contributed by atoms with Crippen LogP contribution in [0.2, 0.25) is 0 Å². The topological polar surface area (TPSA) is 70.6 Å². The van der Waals surface area contributed by atoms with E-state index in [9.17, 15) is 14.4 Å². The summed E-state index contributed by atoms with van der Waals surface area (Å²) in [5, 5.41) is 0. The molecule has 0 radical (unpaired) electrons. The van der Waals surface area contributed by atoms with Crippen molar-refractivity contribution >= 4 is 35.2 Å². The molecule has 0 saturated carbocycles. The average molecular weight is 741 g/mol. The summed E-state index contributed by atoms with van der Waals surface area (Å²) in [5.74, 6) is -0.106. The van der Waals surface area contributed by atoms with Crippen molar-refractivity contribution in [2.45, 2.75) is 45.8 Å². The molecule has 3 amide bonds. The number of carbonyl (C=O) groups excluding carboxylic acids is 3. The standard InChI is InChI=1S/C46H56N6O3/c1-5-37-11-13-38(14-12-37)19-24-45(54)52(35-41-17-22-43(23-18-41)50-31-29-49(30-32-50)36(2)53)44(33-39-9-7-6-8-10-39)46(55)51-27-25-48(26-28-51)34-40-15-20-42(21-16-40)47(3)4/h6-24,44H,5,25-35H2,1-4H3. The van der Waals surface area contributed by atoms with Crippen molar-refractivity contribution in [1.29, 1.82) is 0 Å². The summed E-state index contributed by atoms with van der Waals surface area (Å²) in [6, 6.07) is 34.5. The van der Waals surface area contributed by atoms with Gasteiger partial charge in [0.25, 0.3) is 0 Å². The lowest BCUT2D eigenvalue weighted by atomic mass is 10.0. The molecular formula is C46H56N6O3. The van der Waals surface area contributed by atoms with Gasteiger partial charge < -0.3 is 24.5 Å². The lowest BCUT2D eigenvalue weighted by Gasteiger charge is -2.39. The zero-order valence-electron chi connectivity index (χ0n) is 32.9. The molecule has 288 valence electrons. The van der Waals surface area contributed by atoms with Gasteiger partial charge in [-0.1, -0.05) is 85.8 Å². The number of hydrogen-bond donors (Lipinski definition) is 0. The highest BCUT2D eigenvalue weighted by molar-refractivity contribution is 5.96. The van der Waals surface area contributed by atoms with Crippen LogP contribution in [0.5, 0.6) is 0 Å². The van der Waals surface area contributed by atoms with Gasteiger partial charge in [-0.15, -0.1) is 0 Å². The van der Waals surface area contributed by atoms with Gasteiger partial charge in [-0.25, -0.2) is 0 Å². The van der Waals surface area contributed by atoms with E-state index in [4.69, 9.17) is 0 Å². The second kappa shape index (κ2) is 18.8. The lowest BCUT2D eigenvalue weighted by molar-refractivity contribution is -0.145. The molecule has 4 aromatic carbocycles. The van der Waals surface area contributed by atoms with Crippen LogP contribution in [0.4, 0.5) is 11.4 Å². The number of carbonyl (C=O) groups is 3. The fourth-order valence-corrected chi connectivity index (χ4v) is 7.42. The molecule has 2 heterocycles. The van der Waals surface area contributed by atoms with Crippen molar-refractivity contribution in [3.05, 3.63) is 137 Å². The zero-order chi connectivity index (χ0) is 38.7. The van der Waals surface area contributed by atoms with Gasteiger partial charge in [-0.3, -0.25) is 19.3 Å². The Morgan fingerprint density at radius 2 is 1.27 bits per heavy atom. The van der Waals surface area contributed by atoms with E-state index in [1.807, 2.05) is 72.4 Å². The van der Waals surface area contributed by atoms with Crippen molar-refractivity contribution in [3.63, 3.8) is 0 Å². The van der Waals surface area contributed by atoms with E-state index in [1.54, 1.807) is 17.9 Å². The molecule has 2 fully saturated rings. The normalized spacial score (nSPS) is 15.6. The molecule has 0 aliphatic carbocycles. The summed E-state index contributed by atoms with van der Waals surface area (Å²) in [6.07, 6.45) is 4.84. The maximum atomic E-state index is 14.7. The number of piperazine rings is 2. The first-order chi connectivity index (χ1) is 26.7. The molecule has 9 heteroatoms. The van der Waals surface area contributed by atoms with E-state index in [0.717, 1.165) is 61.5 Å². The monoisotopic (exact) mass is 740 g/mol. The fraction of sp³-hybridized carbons (Fsp3) is 0.370. The van der Waals surface area contributed by atoms with Crippen molar-refractivity contribution < 1.29 is 14.4 Å². The number of nitrogens with zero attached hydrogens (tertiary/aromatic N) is 6. The first-order valence-electron chi connectivity index (χ1n) is 19.6. The summed E-state index contributed by atoms with van der Waals surface area (Å²) < 4.78 is 0. The Balaban J connectivity index is 1.22. The molecule has 1 atom stereocenters. The van der Waals surface area contributed by atoms with Crippen LogP contribution in [0.1, 0.15) is 41.7 Å². The molecule has 4 aromatic rings. The maximum Gasteiger partial charge on any atom is 0.247 e. The highest BCUT2D eigenvalue weighted by atomic mass is 16.2. The predicted molar refractivity (Wildman–Crippen MR) is 223 cm³/mol. The second-order valence-corrected chi connectivity index (χ2v) is 14.9. The van der Waals surface area contributed by atoms with Crippen molar-refractivity contribution in [3.8, 4) is 0 Å². The Labute approximate surface area is 327 Å². The van der Waals surface area contributed by atoms with Crippen LogP contribution in [-0.4, -0.2) is 110 Å². The zero-order valence-corrected chi connectivity index (χ0v) is 32.9. The second-order valence-electron chi connectivity index (χ2n) is 14.9. The molecule has 2 saturated heterocycles. The van der Waals surface area contributed by atoms with Gasteiger partial charge in [-0.2, -0.15) is 0 Å². The van der Waals surface area contributed by atoms with Crippen LogP contribution in [0.3, 0.4) is 0 Å². The van der Waals surface area contributed by atoms with Gasteiger partial charge in [0, 0.05) is 110 Å². The maximum absolute atomic E-state index is 14.7. The van der Waals surface area contributed by atoms with Crippen LogP contribution in [-0.2, 0) is 40.3 Å². The van der Waals surface area contributed by atoms with E-state index in [-0.39, 0.29) is 17.7 Å². The van der Waals surface area contributed by atoms with E-state index in [2.05, 4.69) is 82.3 Å². The molecule has 2 aliphatic rings.